The topological polar surface area (TPSA) is 15.3 Å². The molecule has 3 heteroatoms. The van der Waals surface area contributed by atoms with Crippen molar-refractivity contribution in [1.82, 2.24) is 5.32 Å². The molecule has 21 heavy (non-hydrogen) atoms. The molecule has 0 radical (unpaired) electrons. The number of hydrogen-bond acceptors (Lipinski definition) is 3. The Morgan fingerprint density at radius 3 is 2.62 bits per heavy atom. The summed E-state index contributed by atoms with van der Waals surface area (Å²) in [5, 5.41) is 3.84. The largest absolute Gasteiger partial charge is 0.365 e. The molecular weight excluding hydrogens is 276 g/mol. The van der Waals surface area contributed by atoms with Gasteiger partial charge in [0.1, 0.15) is 0 Å². The lowest BCUT2D eigenvalue weighted by molar-refractivity contribution is 0.227. The predicted octanol–water partition coefficient (Wildman–Crippen LogP) is 4.40. The Morgan fingerprint density at radius 1 is 1.33 bits per heavy atom. The molecule has 1 atom stereocenters. The molecule has 1 unspecified atom stereocenters. The Balaban J connectivity index is 2.33. The third-order valence-electron chi connectivity index (χ3n) is 5.07. The number of thioether (sulfide) groups is 1. The van der Waals surface area contributed by atoms with Crippen molar-refractivity contribution >= 4 is 17.4 Å². The molecule has 118 valence electrons. The second-order valence-electron chi connectivity index (χ2n) is 6.51. The molecule has 1 aliphatic rings. The van der Waals surface area contributed by atoms with Crippen molar-refractivity contribution in [1.29, 1.82) is 0 Å². The number of benzene rings is 1. The van der Waals surface area contributed by atoms with E-state index in [9.17, 15) is 0 Å². The molecule has 0 bridgehead atoms. The summed E-state index contributed by atoms with van der Waals surface area (Å²) in [6.45, 7) is 11.5. The van der Waals surface area contributed by atoms with Gasteiger partial charge in [0, 0.05) is 35.3 Å². The molecular formula is C18H30N2S. The van der Waals surface area contributed by atoms with Crippen molar-refractivity contribution in [2.24, 2.45) is 5.92 Å². The highest BCUT2D eigenvalue weighted by molar-refractivity contribution is 7.98. The highest BCUT2D eigenvalue weighted by atomic mass is 32.2. The molecule has 2 rings (SSSR count). The SMILES string of the molecule is CCC1(CC)CN(c2cccc(SC)c2)C(C(C)C)CN1. The average Bonchev–Trinajstić information content (AvgIpc) is 2.54. The van der Waals surface area contributed by atoms with Crippen molar-refractivity contribution in [2.45, 2.75) is 57.0 Å². The van der Waals surface area contributed by atoms with E-state index in [4.69, 9.17) is 0 Å². The lowest BCUT2D eigenvalue weighted by Gasteiger charge is -2.50. The van der Waals surface area contributed by atoms with E-state index in [1.807, 2.05) is 11.8 Å². The maximum Gasteiger partial charge on any atom is 0.0438 e. The van der Waals surface area contributed by atoms with Crippen LogP contribution in [0.1, 0.15) is 40.5 Å². The minimum Gasteiger partial charge on any atom is -0.365 e. The molecule has 1 aromatic carbocycles. The molecule has 1 heterocycles. The van der Waals surface area contributed by atoms with Gasteiger partial charge in [-0.1, -0.05) is 33.8 Å². The van der Waals surface area contributed by atoms with E-state index in [0.29, 0.717) is 12.0 Å². The van der Waals surface area contributed by atoms with Crippen LogP contribution in [-0.4, -0.2) is 30.9 Å². The van der Waals surface area contributed by atoms with Crippen LogP contribution in [0.2, 0.25) is 0 Å². The number of nitrogens with one attached hydrogen (secondary N) is 1. The first-order valence-electron chi connectivity index (χ1n) is 8.21. The van der Waals surface area contributed by atoms with Crippen LogP contribution in [0.5, 0.6) is 0 Å². The summed E-state index contributed by atoms with van der Waals surface area (Å²) in [5.41, 5.74) is 1.65. The number of piperazine rings is 1. The molecule has 0 saturated carbocycles. The maximum absolute atomic E-state index is 3.84. The van der Waals surface area contributed by atoms with Gasteiger partial charge in [-0.15, -0.1) is 11.8 Å². The Hall–Kier alpha value is -0.670. The van der Waals surface area contributed by atoms with Crippen LogP contribution in [0.15, 0.2) is 29.2 Å². The van der Waals surface area contributed by atoms with Gasteiger partial charge in [-0.05, 0) is 43.2 Å². The van der Waals surface area contributed by atoms with E-state index in [1.165, 1.54) is 23.4 Å². The first-order valence-corrected chi connectivity index (χ1v) is 9.43. The van der Waals surface area contributed by atoms with Crippen molar-refractivity contribution in [3.63, 3.8) is 0 Å². The van der Waals surface area contributed by atoms with Gasteiger partial charge in [0.05, 0.1) is 0 Å². The summed E-state index contributed by atoms with van der Waals surface area (Å²) >= 11 is 1.83. The third kappa shape index (κ3) is 3.57. The summed E-state index contributed by atoms with van der Waals surface area (Å²) in [4.78, 5) is 4.00. The van der Waals surface area contributed by atoms with Gasteiger partial charge in [0.25, 0.3) is 0 Å². The Bertz CT molecular complexity index is 454. The minimum atomic E-state index is 0.265. The van der Waals surface area contributed by atoms with Gasteiger partial charge < -0.3 is 10.2 Å². The molecule has 2 nitrogen and oxygen atoms in total. The van der Waals surface area contributed by atoms with Crippen molar-refractivity contribution in [2.75, 3.05) is 24.2 Å². The second-order valence-corrected chi connectivity index (χ2v) is 7.39. The zero-order chi connectivity index (χ0) is 15.5. The predicted molar refractivity (Wildman–Crippen MR) is 95.5 cm³/mol. The number of rotatable bonds is 5. The van der Waals surface area contributed by atoms with Crippen LogP contribution in [0, 0.1) is 5.92 Å². The fourth-order valence-electron chi connectivity index (χ4n) is 3.32. The van der Waals surface area contributed by atoms with Crippen molar-refractivity contribution in [3.05, 3.63) is 24.3 Å². The normalized spacial score (nSPS) is 21.8. The Morgan fingerprint density at radius 2 is 2.05 bits per heavy atom. The van der Waals surface area contributed by atoms with Crippen LogP contribution in [0.3, 0.4) is 0 Å². The van der Waals surface area contributed by atoms with E-state index >= 15 is 0 Å². The van der Waals surface area contributed by atoms with Gasteiger partial charge in [-0.3, -0.25) is 0 Å². The van der Waals surface area contributed by atoms with Gasteiger partial charge >= 0.3 is 0 Å². The van der Waals surface area contributed by atoms with E-state index in [2.05, 4.69) is 68.4 Å². The fourth-order valence-corrected chi connectivity index (χ4v) is 3.77. The van der Waals surface area contributed by atoms with Gasteiger partial charge in [0.2, 0.25) is 0 Å². The van der Waals surface area contributed by atoms with E-state index < -0.39 is 0 Å². The average molecular weight is 307 g/mol. The maximum atomic E-state index is 3.84. The molecule has 1 N–H and O–H groups in total. The molecule has 0 aliphatic carbocycles. The summed E-state index contributed by atoms with van der Waals surface area (Å²) in [6, 6.07) is 9.60. The number of hydrogen-bond donors (Lipinski definition) is 1. The second kappa shape index (κ2) is 7.06. The number of anilines is 1. The van der Waals surface area contributed by atoms with E-state index in [1.54, 1.807) is 0 Å². The number of nitrogens with zero attached hydrogens (tertiary/aromatic N) is 1. The fraction of sp³-hybridized carbons (Fsp3) is 0.667. The summed E-state index contributed by atoms with van der Waals surface area (Å²) in [6.07, 6.45) is 4.53. The lowest BCUT2D eigenvalue weighted by Crippen LogP contribution is -2.65. The lowest BCUT2D eigenvalue weighted by atomic mass is 9.86. The van der Waals surface area contributed by atoms with Crippen LogP contribution in [0.4, 0.5) is 5.69 Å². The van der Waals surface area contributed by atoms with Gasteiger partial charge in [-0.2, -0.15) is 0 Å². The van der Waals surface area contributed by atoms with Gasteiger partial charge in [0.15, 0.2) is 0 Å². The Kier molecular flexibility index (Phi) is 5.61. The smallest absolute Gasteiger partial charge is 0.0438 e. The van der Waals surface area contributed by atoms with Crippen LogP contribution < -0.4 is 10.2 Å². The van der Waals surface area contributed by atoms with Gasteiger partial charge in [-0.25, -0.2) is 0 Å². The highest BCUT2D eigenvalue weighted by Crippen LogP contribution is 2.31. The van der Waals surface area contributed by atoms with E-state index in [-0.39, 0.29) is 5.54 Å². The van der Waals surface area contributed by atoms with Crippen molar-refractivity contribution < 1.29 is 0 Å². The quantitative estimate of drug-likeness (QED) is 0.812. The first-order chi connectivity index (χ1) is 10.0. The zero-order valence-corrected chi connectivity index (χ0v) is 15.0. The van der Waals surface area contributed by atoms with E-state index in [0.717, 1.165) is 13.1 Å². The van der Waals surface area contributed by atoms with Crippen LogP contribution in [-0.2, 0) is 0 Å². The molecule has 1 aliphatic heterocycles. The molecule has 1 saturated heterocycles. The Labute approximate surface area is 134 Å². The summed E-state index contributed by atoms with van der Waals surface area (Å²) < 4.78 is 0. The monoisotopic (exact) mass is 306 g/mol. The van der Waals surface area contributed by atoms with Crippen molar-refractivity contribution in [3.8, 4) is 0 Å². The summed E-state index contributed by atoms with van der Waals surface area (Å²) in [5.74, 6) is 0.655. The molecule has 0 aromatic heterocycles. The first kappa shape index (κ1) is 16.7. The standard InChI is InChI=1S/C18H30N2S/c1-6-18(7-2)13-20(17(12-19-18)14(3)4)15-9-8-10-16(11-15)21-5/h8-11,14,17,19H,6-7,12-13H2,1-5H3. The molecule has 1 aromatic rings. The molecule has 0 spiro atoms. The minimum absolute atomic E-state index is 0.265. The zero-order valence-electron chi connectivity index (χ0n) is 14.1. The third-order valence-corrected chi connectivity index (χ3v) is 5.79. The molecule has 0 amide bonds. The summed E-state index contributed by atoms with van der Waals surface area (Å²) in [7, 11) is 0. The van der Waals surface area contributed by atoms with Crippen LogP contribution >= 0.6 is 11.8 Å². The van der Waals surface area contributed by atoms with Crippen LogP contribution in [0.25, 0.3) is 0 Å². The highest BCUT2D eigenvalue weighted by Gasteiger charge is 2.37. The molecule has 1 fully saturated rings.